The Hall–Kier alpha value is -3.09. The first-order chi connectivity index (χ1) is 11.0. The number of benzene rings is 2. The van der Waals surface area contributed by atoms with E-state index in [1.54, 1.807) is 0 Å². The molecule has 7 heteroatoms. The molecule has 2 N–H and O–H groups in total. The maximum Gasteiger partial charge on any atom is 0.271 e. The number of ether oxygens (including phenoxy) is 2. The zero-order valence-electron chi connectivity index (χ0n) is 12.5. The van der Waals surface area contributed by atoms with Crippen molar-refractivity contribution >= 4 is 12.1 Å². The highest BCUT2D eigenvalue weighted by atomic mass is 19.1. The number of hydrazone groups is 1. The van der Waals surface area contributed by atoms with Gasteiger partial charge < -0.3 is 14.6 Å². The average Bonchev–Trinajstić information content (AvgIpc) is 2.55. The summed E-state index contributed by atoms with van der Waals surface area (Å²) in [5.74, 6) is -0.756. The van der Waals surface area contributed by atoms with Crippen LogP contribution in [0.2, 0.25) is 0 Å². The molecule has 0 aliphatic carbocycles. The molecule has 2 rings (SSSR count). The Morgan fingerprint density at radius 1 is 1.22 bits per heavy atom. The molecule has 0 saturated heterocycles. The molecule has 1 amide bonds. The van der Waals surface area contributed by atoms with Gasteiger partial charge in [0.05, 0.1) is 20.4 Å². The second-order valence-corrected chi connectivity index (χ2v) is 4.48. The first-order valence-electron chi connectivity index (χ1n) is 6.59. The Morgan fingerprint density at radius 2 is 1.87 bits per heavy atom. The molecule has 120 valence electrons. The maximum atomic E-state index is 13.0. The number of halogens is 1. The predicted molar refractivity (Wildman–Crippen MR) is 82.7 cm³/mol. The van der Waals surface area contributed by atoms with E-state index in [1.807, 2.05) is 0 Å². The number of rotatable bonds is 5. The normalized spacial score (nSPS) is 10.6. The fourth-order valence-corrected chi connectivity index (χ4v) is 1.85. The van der Waals surface area contributed by atoms with Crippen LogP contribution in [0.3, 0.4) is 0 Å². The minimum Gasteiger partial charge on any atom is -0.502 e. The maximum absolute atomic E-state index is 13.0. The highest BCUT2D eigenvalue weighted by molar-refractivity contribution is 5.95. The van der Waals surface area contributed by atoms with Gasteiger partial charge in [0.25, 0.3) is 5.91 Å². The van der Waals surface area contributed by atoms with Crippen molar-refractivity contribution in [2.24, 2.45) is 5.10 Å². The number of carbonyl (C=O) groups excluding carboxylic acids is 1. The van der Waals surface area contributed by atoms with E-state index >= 15 is 0 Å². The van der Waals surface area contributed by atoms with Gasteiger partial charge in [-0.05, 0) is 30.3 Å². The van der Waals surface area contributed by atoms with E-state index in [-0.39, 0.29) is 22.8 Å². The molecular formula is C16H15FN2O4. The van der Waals surface area contributed by atoms with E-state index in [0.717, 1.165) is 6.07 Å². The van der Waals surface area contributed by atoms with Crippen LogP contribution in [0.25, 0.3) is 0 Å². The topological polar surface area (TPSA) is 80.2 Å². The molecule has 23 heavy (non-hydrogen) atoms. The van der Waals surface area contributed by atoms with Gasteiger partial charge >= 0.3 is 0 Å². The SMILES string of the molecule is COc1cc(C=NNC(=O)c2cccc(F)c2)cc(OC)c1O. The third-order valence-electron chi connectivity index (χ3n) is 2.97. The van der Waals surface area contributed by atoms with Gasteiger partial charge in [0.1, 0.15) is 5.82 Å². The van der Waals surface area contributed by atoms with Crippen molar-refractivity contribution in [3.8, 4) is 17.2 Å². The highest BCUT2D eigenvalue weighted by Gasteiger charge is 2.10. The second kappa shape index (κ2) is 7.26. The Kier molecular flexibility index (Phi) is 5.14. The summed E-state index contributed by atoms with van der Waals surface area (Å²) in [6.45, 7) is 0. The van der Waals surface area contributed by atoms with E-state index < -0.39 is 11.7 Å². The summed E-state index contributed by atoms with van der Waals surface area (Å²) in [5, 5.41) is 13.6. The van der Waals surface area contributed by atoms with Gasteiger partial charge in [0.2, 0.25) is 5.75 Å². The molecule has 0 unspecified atom stereocenters. The van der Waals surface area contributed by atoms with Gasteiger partial charge in [-0.1, -0.05) is 6.07 Å². The van der Waals surface area contributed by atoms with Gasteiger partial charge in [-0.3, -0.25) is 4.79 Å². The standard InChI is InChI=1S/C16H15FN2O4/c1-22-13-6-10(7-14(23-2)15(13)20)9-18-19-16(21)11-4-3-5-12(17)8-11/h3-9,20H,1-2H3,(H,19,21). The van der Waals surface area contributed by atoms with Crippen LogP contribution in [0.5, 0.6) is 17.2 Å². The van der Waals surface area contributed by atoms with Crippen molar-refractivity contribution in [3.63, 3.8) is 0 Å². The summed E-state index contributed by atoms with van der Waals surface area (Å²) >= 11 is 0. The van der Waals surface area contributed by atoms with Crippen molar-refractivity contribution < 1.29 is 23.8 Å². The third kappa shape index (κ3) is 3.97. The molecule has 0 aromatic heterocycles. The van der Waals surface area contributed by atoms with Crippen LogP contribution in [0.1, 0.15) is 15.9 Å². The summed E-state index contributed by atoms with van der Waals surface area (Å²) in [6.07, 6.45) is 1.35. The Morgan fingerprint density at radius 3 is 2.43 bits per heavy atom. The van der Waals surface area contributed by atoms with Crippen LogP contribution >= 0.6 is 0 Å². The largest absolute Gasteiger partial charge is 0.502 e. The molecule has 0 atom stereocenters. The van der Waals surface area contributed by atoms with Crippen molar-refractivity contribution in [2.75, 3.05) is 14.2 Å². The number of nitrogens with one attached hydrogen (secondary N) is 1. The number of amides is 1. The minimum atomic E-state index is -0.543. The Balaban J connectivity index is 2.13. The van der Waals surface area contributed by atoms with Gasteiger partial charge in [-0.15, -0.1) is 0 Å². The zero-order valence-corrected chi connectivity index (χ0v) is 12.5. The van der Waals surface area contributed by atoms with Gasteiger partial charge in [0.15, 0.2) is 11.5 Å². The number of phenolic OH excluding ortho intramolecular Hbond substituents is 1. The number of aromatic hydroxyl groups is 1. The monoisotopic (exact) mass is 318 g/mol. The minimum absolute atomic E-state index is 0.129. The zero-order chi connectivity index (χ0) is 16.8. The number of phenols is 1. The number of carbonyl (C=O) groups is 1. The molecule has 0 aliphatic heterocycles. The first-order valence-corrected chi connectivity index (χ1v) is 6.59. The van der Waals surface area contributed by atoms with E-state index in [2.05, 4.69) is 10.5 Å². The van der Waals surface area contributed by atoms with E-state index in [4.69, 9.17) is 9.47 Å². The molecular weight excluding hydrogens is 303 g/mol. The Bertz CT molecular complexity index is 722. The van der Waals surface area contributed by atoms with Gasteiger partial charge in [0, 0.05) is 11.1 Å². The van der Waals surface area contributed by atoms with Gasteiger partial charge in [-0.2, -0.15) is 5.10 Å². The van der Waals surface area contributed by atoms with Crippen LogP contribution in [0, 0.1) is 5.82 Å². The first kappa shape index (κ1) is 16.3. The summed E-state index contributed by atoms with van der Waals surface area (Å²) in [5.41, 5.74) is 2.98. The van der Waals surface area contributed by atoms with Crippen molar-refractivity contribution in [2.45, 2.75) is 0 Å². The summed E-state index contributed by atoms with van der Waals surface area (Å²) in [7, 11) is 2.81. The third-order valence-corrected chi connectivity index (χ3v) is 2.97. The molecule has 0 heterocycles. The van der Waals surface area contributed by atoms with Crippen LogP contribution in [0.15, 0.2) is 41.5 Å². The number of hydrogen-bond acceptors (Lipinski definition) is 5. The number of methoxy groups -OCH3 is 2. The van der Waals surface area contributed by atoms with Crippen molar-refractivity contribution in [1.29, 1.82) is 0 Å². The fraction of sp³-hybridized carbons (Fsp3) is 0.125. The molecule has 0 aliphatic rings. The van der Waals surface area contributed by atoms with Crippen LogP contribution < -0.4 is 14.9 Å². The quantitative estimate of drug-likeness (QED) is 0.655. The lowest BCUT2D eigenvalue weighted by Gasteiger charge is -2.09. The van der Waals surface area contributed by atoms with Crippen LogP contribution in [-0.2, 0) is 0 Å². The second-order valence-electron chi connectivity index (χ2n) is 4.48. The summed E-state index contributed by atoms with van der Waals surface area (Å²) < 4.78 is 23.1. The lowest BCUT2D eigenvalue weighted by atomic mass is 10.2. The van der Waals surface area contributed by atoms with E-state index in [0.29, 0.717) is 5.56 Å². The lowest BCUT2D eigenvalue weighted by molar-refractivity contribution is 0.0954. The van der Waals surface area contributed by atoms with Crippen LogP contribution in [0.4, 0.5) is 4.39 Å². The molecule has 0 bridgehead atoms. The fourth-order valence-electron chi connectivity index (χ4n) is 1.85. The number of nitrogens with zero attached hydrogens (tertiary/aromatic N) is 1. The molecule has 2 aromatic carbocycles. The molecule has 0 spiro atoms. The Labute approximate surface area is 132 Å². The molecule has 0 radical (unpaired) electrons. The number of hydrogen-bond donors (Lipinski definition) is 2. The molecule has 2 aromatic rings. The van der Waals surface area contributed by atoms with E-state index in [1.165, 1.54) is 50.8 Å². The molecule has 0 fully saturated rings. The van der Waals surface area contributed by atoms with Crippen molar-refractivity contribution in [1.82, 2.24) is 5.43 Å². The van der Waals surface area contributed by atoms with E-state index in [9.17, 15) is 14.3 Å². The molecule has 0 saturated carbocycles. The highest BCUT2D eigenvalue weighted by Crippen LogP contribution is 2.36. The van der Waals surface area contributed by atoms with Crippen LogP contribution in [-0.4, -0.2) is 31.4 Å². The average molecular weight is 318 g/mol. The summed E-state index contributed by atoms with van der Waals surface area (Å²) in [6, 6.07) is 8.31. The summed E-state index contributed by atoms with van der Waals surface area (Å²) in [4.78, 5) is 11.8. The van der Waals surface area contributed by atoms with Gasteiger partial charge in [-0.25, -0.2) is 9.82 Å². The smallest absolute Gasteiger partial charge is 0.271 e. The lowest BCUT2D eigenvalue weighted by Crippen LogP contribution is -2.17. The molecule has 6 nitrogen and oxygen atoms in total. The predicted octanol–water partition coefficient (Wildman–Crippen LogP) is 2.31. The van der Waals surface area contributed by atoms with Crippen molar-refractivity contribution in [3.05, 3.63) is 53.3 Å².